The van der Waals surface area contributed by atoms with Gasteiger partial charge in [0, 0.05) is 16.6 Å². The zero-order valence-corrected chi connectivity index (χ0v) is 16.4. The molecule has 0 heterocycles. The van der Waals surface area contributed by atoms with Gasteiger partial charge in [-0.25, -0.2) is 4.79 Å². The van der Waals surface area contributed by atoms with Crippen LogP contribution in [0.15, 0.2) is 53.4 Å². The molecule has 0 aliphatic heterocycles. The summed E-state index contributed by atoms with van der Waals surface area (Å²) in [6, 6.07) is 14.0. The summed E-state index contributed by atoms with van der Waals surface area (Å²) in [7, 11) is 0. The molecule has 6 nitrogen and oxygen atoms in total. The fourth-order valence-corrected chi connectivity index (χ4v) is 3.38. The Balaban J connectivity index is 1.62. The minimum atomic E-state index is -0.397. The average molecular weight is 398 g/mol. The molecule has 0 unspecified atom stereocenters. The Morgan fingerprint density at radius 3 is 2.46 bits per heavy atom. The van der Waals surface area contributed by atoms with Crippen LogP contribution in [0.5, 0.6) is 0 Å². The number of nitrogens with one attached hydrogen (secondary N) is 2. The summed E-state index contributed by atoms with van der Waals surface area (Å²) < 4.78 is 4.95. The Labute approximate surface area is 168 Å². The van der Waals surface area contributed by atoms with E-state index in [2.05, 4.69) is 10.6 Å². The van der Waals surface area contributed by atoms with E-state index in [0.717, 1.165) is 17.7 Å². The van der Waals surface area contributed by atoms with Crippen molar-refractivity contribution in [3.63, 3.8) is 0 Å². The fraction of sp³-hybridized carbons (Fsp3) is 0.286. The Bertz CT molecular complexity index is 863. The van der Waals surface area contributed by atoms with Gasteiger partial charge in [0.05, 0.1) is 23.5 Å². The van der Waals surface area contributed by atoms with Gasteiger partial charge in [0.1, 0.15) is 0 Å². The highest BCUT2D eigenvalue weighted by Gasteiger charge is 2.23. The van der Waals surface area contributed by atoms with Crippen molar-refractivity contribution in [1.82, 2.24) is 5.32 Å². The molecule has 2 aromatic carbocycles. The van der Waals surface area contributed by atoms with E-state index in [-0.39, 0.29) is 17.6 Å². The molecule has 146 valence electrons. The molecule has 0 saturated heterocycles. The van der Waals surface area contributed by atoms with Gasteiger partial charge in [-0.05, 0) is 56.2 Å². The molecule has 7 heteroatoms. The molecule has 1 aliphatic rings. The minimum absolute atomic E-state index is 0.0164. The molecular formula is C21H22N2O4S. The van der Waals surface area contributed by atoms with Crippen molar-refractivity contribution < 1.29 is 19.1 Å². The van der Waals surface area contributed by atoms with Crippen molar-refractivity contribution in [2.24, 2.45) is 0 Å². The van der Waals surface area contributed by atoms with Crippen LogP contribution in [0.25, 0.3) is 0 Å². The quantitative estimate of drug-likeness (QED) is 0.525. The van der Waals surface area contributed by atoms with E-state index in [1.54, 1.807) is 43.3 Å². The fourth-order valence-electron chi connectivity index (χ4n) is 2.52. The average Bonchev–Trinajstić information content (AvgIpc) is 3.51. The van der Waals surface area contributed by atoms with Gasteiger partial charge in [-0.1, -0.05) is 12.1 Å². The Hall–Kier alpha value is -2.80. The zero-order chi connectivity index (χ0) is 19.9. The maximum Gasteiger partial charge on any atom is 0.338 e. The van der Waals surface area contributed by atoms with Crippen LogP contribution in [-0.4, -0.2) is 36.2 Å². The number of amides is 2. The first-order chi connectivity index (χ1) is 13.6. The number of carbonyl (C=O) groups is 3. The number of hydrogen-bond donors (Lipinski definition) is 2. The van der Waals surface area contributed by atoms with Gasteiger partial charge in [-0.15, -0.1) is 11.8 Å². The summed E-state index contributed by atoms with van der Waals surface area (Å²) in [5, 5.41) is 5.76. The predicted molar refractivity (Wildman–Crippen MR) is 109 cm³/mol. The number of carbonyl (C=O) groups excluding carboxylic acids is 3. The van der Waals surface area contributed by atoms with Crippen LogP contribution in [-0.2, 0) is 9.53 Å². The number of hydrogen-bond acceptors (Lipinski definition) is 5. The normalized spacial score (nSPS) is 12.9. The van der Waals surface area contributed by atoms with Gasteiger partial charge in [-0.2, -0.15) is 0 Å². The molecule has 3 rings (SSSR count). The van der Waals surface area contributed by atoms with E-state index in [0.29, 0.717) is 29.5 Å². The molecule has 2 N–H and O–H groups in total. The maximum atomic E-state index is 12.7. The van der Waals surface area contributed by atoms with Crippen molar-refractivity contribution in [2.75, 3.05) is 17.7 Å². The molecule has 1 saturated carbocycles. The van der Waals surface area contributed by atoms with Crippen LogP contribution in [0.2, 0.25) is 0 Å². The van der Waals surface area contributed by atoms with E-state index in [9.17, 15) is 14.4 Å². The zero-order valence-electron chi connectivity index (χ0n) is 15.6. The topological polar surface area (TPSA) is 84.5 Å². The first-order valence-corrected chi connectivity index (χ1v) is 10.1. The largest absolute Gasteiger partial charge is 0.462 e. The Kier molecular flexibility index (Phi) is 6.71. The van der Waals surface area contributed by atoms with Crippen molar-refractivity contribution in [3.05, 3.63) is 59.7 Å². The third-order valence-corrected chi connectivity index (χ3v) is 5.16. The van der Waals surface area contributed by atoms with Crippen LogP contribution in [0.3, 0.4) is 0 Å². The lowest BCUT2D eigenvalue weighted by Gasteiger charge is -2.10. The van der Waals surface area contributed by atoms with Gasteiger partial charge < -0.3 is 15.4 Å². The van der Waals surface area contributed by atoms with Gasteiger partial charge in [-0.3, -0.25) is 9.59 Å². The number of benzene rings is 2. The lowest BCUT2D eigenvalue weighted by Crippen LogP contribution is -2.27. The Morgan fingerprint density at radius 2 is 1.79 bits per heavy atom. The summed E-state index contributed by atoms with van der Waals surface area (Å²) in [4.78, 5) is 37.0. The van der Waals surface area contributed by atoms with Crippen LogP contribution in [0.4, 0.5) is 5.69 Å². The SMILES string of the molecule is CCOC(=O)c1ccc(NC(=O)c2ccccc2SCC(=O)NC2CC2)cc1. The van der Waals surface area contributed by atoms with Crippen LogP contribution >= 0.6 is 11.8 Å². The molecule has 0 aromatic heterocycles. The molecule has 2 aromatic rings. The van der Waals surface area contributed by atoms with E-state index < -0.39 is 5.97 Å². The van der Waals surface area contributed by atoms with Crippen LogP contribution in [0.1, 0.15) is 40.5 Å². The number of thioether (sulfide) groups is 1. The first kappa shape index (κ1) is 19.9. The standard InChI is InChI=1S/C21H22N2O4S/c1-2-27-21(26)14-7-9-16(10-8-14)23-20(25)17-5-3-4-6-18(17)28-13-19(24)22-15-11-12-15/h3-10,15H,2,11-13H2,1H3,(H,22,24)(H,23,25). The second-order valence-corrected chi connectivity index (χ2v) is 7.40. The highest BCUT2D eigenvalue weighted by molar-refractivity contribution is 8.00. The predicted octanol–water partition coefficient (Wildman–Crippen LogP) is 3.49. The van der Waals surface area contributed by atoms with Gasteiger partial charge >= 0.3 is 5.97 Å². The summed E-state index contributed by atoms with van der Waals surface area (Å²) in [5.74, 6) is -0.409. The summed E-state index contributed by atoms with van der Waals surface area (Å²) in [6.45, 7) is 2.06. The number of ether oxygens (including phenoxy) is 1. The van der Waals surface area contributed by atoms with E-state index >= 15 is 0 Å². The van der Waals surface area contributed by atoms with Gasteiger partial charge in [0.15, 0.2) is 0 Å². The second-order valence-electron chi connectivity index (χ2n) is 6.38. The van der Waals surface area contributed by atoms with Crippen molar-refractivity contribution in [3.8, 4) is 0 Å². The molecule has 1 aliphatic carbocycles. The molecule has 2 amide bonds. The van der Waals surface area contributed by atoms with Crippen molar-refractivity contribution in [2.45, 2.75) is 30.7 Å². The highest BCUT2D eigenvalue weighted by Crippen LogP contribution is 2.25. The minimum Gasteiger partial charge on any atom is -0.462 e. The van der Waals surface area contributed by atoms with Crippen molar-refractivity contribution >= 4 is 35.2 Å². The molecule has 0 spiro atoms. The summed E-state index contributed by atoms with van der Waals surface area (Å²) >= 11 is 1.34. The smallest absolute Gasteiger partial charge is 0.338 e. The number of anilines is 1. The van der Waals surface area contributed by atoms with Crippen LogP contribution in [0, 0.1) is 0 Å². The van der Waals surface area contributed by atoms with E-state index in [1.807, 2.05) is 12.1 Å². The third-order valence-electron chi connectivity index (χ3n) is 4.09. The van der Waals surface area contributed by atoms with E-state index in [4.69, 9.17) is 4.74 Å². The molecule has 1 fully saturated rings. The Morgan fingerprint density at radius 1 is 1.07 bits per heavy atom. The first-order valence-electron chi connectivity index (χ1n) is 9.16. The van der Waals surface area contributed by atoms with Gasteiger partial charge in [0.2, 0.25) is 5.91 Å². The molecule has 28 heavy (non-hydrogen) atoms. The number of esters is 1. The maximum absolute atomic E-state index is 12.7. The lowest BCUT2D eigenvalue weighted by molar-refractivity contribution is -0.118. The molecule has 0 atom stereocenters. The second kappa shape index (κ2) is 9.41. The molecule has 0 radical (unpaired) electrons. The lowest BCUT2D eigenvalue weighted by atomic mass is 10.2. The third kappa shape index (κ3) is 5.60. The molecular weight excluding hydrogens is 376 g/mol. The molecule has 0 bridgehead atoms. The summed E-state index contributed by atoms with van der Waals surface area (Å²) in [6.07, 6.45) is 2.09. The van der Waals surface area contributed by atoms with Crippen LogP contribution < -0.4 is 10.6 Å². The van der Waals surface area contributed by atoms with Gasteiger partial charge in [0.25, 0.3) is 5.91 Å². The summed E-state index contributed by atoms with van der Waals surface area (Å²) in [5.41, 5.74) is 1.50. The highest BCUT2D eigenvalue weighted by atomic mass is 32.2. The monoisotopic (exact) mass is 398 g/mol. The number of rotatable bonds is 8. The van der Waals surface area contributed by atoms with E-state index in [1.165, 1.54) is 11.8 Å². The van der Waals surface area contributed by atoms with Crippen molar-refractivity contribution in [1.29, 1.82) is 0 Å².